The molecule has 1 aromatic carbocycles. The minimum atomic E-state index is -0.436. The zero-order chi connectivity index (χ0) is 10.6. The van der Waals surface area contributed by atoms with Gasteiger partial charge in [-0.1, -0.05) is 50.3 Å². The second-order valence-corrected chi connectivity index (χ2v) is 3.91. The molecule has 2 unspecified atom stereocenters. The first-order chi connectivity index (χ1) is 6.66. The van der Waals surface area contributed by atoms with Gasteiger partial charge in [0.25, 0.3) is 0 Å². The lowest BCUT2D eigenvalue weighted by atomic mass is 9.87. The molecule has 1 aromatic rings. The summed E-state index contributed by atoms with van der Waals surface area (Å²) in [7, 11) is 0. The van der Waals surface area contributed by atoms with Crippen LogP contribution in [0.2, 0.25) is 0 Å². The highest BCUT2D eigenvalue weighted by atomic mass is 16.3. The summed E-state index contributed by atoms with van der Waals surface area (Å²) in [6.45, 7) is 7.96. The van der Waals surface area contributed by atoms with Crippen LogP contribution in [0.15, 0.2) is 43.0 Å². The summed E-state index contributed by atoms with van der Waals surface area (Å²) in [6, 6.07) is 9.74. The highest BCUT2D eigenvalue weighted by molar-refractivity contribution is 5.19. The van der Waals surface area contributed by atoms with Gasteiger partial charge in [0.15, 0.2) is 0 Å². The van der Waals surface area contributed by atoms with Gasteiger partial charge in [0.2, 0.25) is 0 Å². The second-order valence-electron chi connectivity index (χ2n) is 3.91. The third-order valence-electron chi connectivity index (χ3n) is 2.55. The van der Waals surface area contributed by atoms with Crippen LogP contribution < -0.4 is 0 Å². The van der Waals surface area contributed by atoms with E-state index in [0.29, 0.717) is 5.92 Å². The maximum Gasteiger partial charge on any atom is 0.0854 e. The van der Waals surface area contributed by atoms with E-state index in [4.69, 9.17) is 0 Å². The van der Waals surface area contributed by atoms with E-state index in [9.17, 15) is 5.11 Å². The fraction of sp³-hybridized carbons (Fsp3) is 0.385. The number of aliphatic hydroxyl groups excluding tert-OH is 1. The second kappa shape index (κ2) is 4.97. The Labute approximate surface area is 86.1 Å². The van der Waals surface area contributed by atoms with Crippen molar-refractivity contribution >= 4 is 0 Å². The van der Waals surface area contributed by atoms with Crippen molar-refractivity contribution in [3.05, 3.63) is 48.6 Å². The zero-order valence-electron chi connectivity index (χ0n) is 8.85. The average Bonchev–Trinajstić information content (AvgIpc) is 2.19. The van der Waals surface area contributed by atoms with E-state index in [1.165, 1.54) is 0 Å². The van der Waals surface area contributed by atoms with Crippen LogP contribution in [0.5, 0.6) is 0 Å². The van der Waals surface area contributed by atoms with E-state index in [1.807, 2.05) is 36.4 Å². The quantitative estimate of drug-likeness (QED) is 0.723. The molecule has 1 heteroatoms. The van der Waals surface area contributed by atoms with E-state index < -0.39 is 6.10 Å². The van der Waals surface area contributed by atoms with Gasteiger partial charge in [-0.3, -0.25) is 0 Å². The molecule has 1 rings (SSSR count). The number of benzene rings is 1. The van der Waals surface area contributed by atoms with Crippen molar-refractivity contribution < 1.29 is 5.11 Å². The van der Waals surface area contributed by atoms with Crippen molar-refractivity contribution in [1.29, 1.82) is 0 Å². The summed E-state index contributed by atoms with van der Waals surface area (Å²) in [5.74, 6) is 0.528. The number of hydrogen-bond acceptors (Lipinski definition) is 1. The van der Waals surface area contributed by atoms with Crippen LogP contribution in [0.1, 0.15) is 25.5 Å². The number of rotatable bonds is 4. The molecule has 2 atom stereocenters. The largest absolute Gasteiger partial charge is 0.388 e. The number of hydrogen-bond donors (Lipinski definition) is 1. The van der Waals surface area contributed by atoms with Gasteiger partial charge >= 0.3 is 0 Å². The first-order valence-corrected chi connectivity index (χ1v) is 5.02. The Balaban J connectivity index is 2.83. The maximum atomic E-state index is 10.1. The van der Waals surface area contributed by atoms with Gasteiger partial charge in [0.1, 0.15) is 0 Å². The van der Waals surface area contributed by atoms with Crippen LogP contribution in [0.3, 0.4) is 0 Å². The Morgan fingerprint density at radius 3 is 2.21 bits per heavy atom. The third-order valence-corrected chi connectivity index (χ3v) is 2.55. The molecular formula is C13H18O. The van der Waals surface area contributed by atoms with Crippen LogP contribution in [0.4, 0.5) is 0 Å². The molecule has 0 fully saturated rings. The summed E-state index contributed by atoms with van der Waals surface area (Å²) in [4.78, 5) is 0. The predicted molar refractivity (Wildman–Crippen MR) is 59.9 cm³/mol. The van der Waals surface area contributed by atoms with Gasteiger partial charge in [-0.2, -0.15) is 0 Å². The van der Waals surface area contributed by atoms with Gasteiger partial charge < -0.3 is 5.11 Å². The topological polar surface area (TPSA) is 20.2 Å². The lowest BCUT2D eigenvalue weighted by Crippen LogP contribution is -2.15. The van der Waals surface area contributed by atoms with Gasteiger partial charge in [-0.05, 0) is 11.5 Å². The van der Waals surface area contributed by atoms with Crippen molar-refractivity contribution in [3.63, 3.8) is 0 Å². The Kier molecular flexibility index (Phi) is 3.90. The normalized spacial score (nSPS) is 15.1. The molecule has 0 heterocycles. The summed E-state index contributed by atoms with van der Waals surface area (Å²) < 4.78 is 0. The van der Waals surface area contributed by atoms with Crippen molar-refractivity contribution in [3.8, 4) is 0 Å². The summed E-state index contributed by atoms with van der Waals surface area (Å²) in [5.41, 5.74) is 0.964. The molecule has 76 valence electrons. The summed E-state index contributed by atoms with van der Waals surface area (Å²) in [6.07, 6.45) is 1.40. The molecule has 1 N–H and O–H groups in total. The molecule has 1 nitrogen and oxygen atoms in total. The lowest BCUT2D eigenvalue weighted by Gasteiger charge is -2.23. The summed E-state index contributed by atoms with van der Waals surface area (Å²) >= 11 is 0. The average molecular weight is 190 g/mol. The summed E-state index contributed by atoms with van der Waals surface area (Å²) in [5, 5.41) is 10.1. The zero-order valence-corrected chi connectivity index (χ0v) is 8.85. The molecule has 0 saturated heterocycles. The van der Waals surface area contributed by atoms with Crippen molar-refractivity contribution in [2.24, 2.45) is 11.8 Å². The van der Waals surface area contributed by atoms with E-state index in [0.717, 1.165) is 5.56 Å². The van der Waals surface area contributed by atoms with E-state index in [2.05, 4.69) is 20.4 Å². The van der Waals surface area contributed by atoms with Crippen LogP contribution in [0.25, 0.3) is 0 Å². The highest BCUT2D eigenvalue weighted by Gasteiger charge is 2.20. The maximum absolute atomic E-state index is 10.1. The van der Waals surface area contributed by atoms with E-state index in [-0.39, 0.29) is 5.92 Å². The lowest BCUT2D eigenvalue weighted by molar-refractivity contribution is 0.108. The highest BCUT2D eigenvalue weighted by Crippen LogP contribution is 2.28. The molecule has 0 radical (unpaired) electrons. The van der Waals surface area contributed by atoms with E-state index in [1.54, 1.807) is 0 Å². The molecule has 0 aliphatic carbocycles. The van der Waals surface area contributed by atoms with E-state index >= 15 is 0 Å². The molecule has 0 aliphatic rings. The molecular weight excluding hydrogens is 172 g/mol. The third kappa shape index (κ3) is 2.46. The standard InChI is InChI=1S/C13H18O/c1-4-12(10(2)3)13(14)11-8-6-5-7-9-11/h4-10,12-14H,1H2,2-3H3. The SMILES string of the molecule is C=CC(C(C)C)C(O)c1ccccc1. The monoisotopic (exact) mass is 190 g/mol. The smallest absolute Gasteiger partial charge is 0.0854 e. The van der Waals surface area contributed by atoms with Crippen molar-refractivity contribution in [2.75, 3.05) is 0 Å². The fourth-order valence-corrected chi connectivity index (χ4v) is 1.64. The van der Waals surface area contributed by atoms with Gasteiger partial charge in [-0.15, -0.1) is 6.58 Å². The Bertz CT molecular complexity index is 277. The fourth-order valence-electron chi connectivity index (χ4n) is 1.64. The molecule has 0 aromatic heterocycles. The van der Waals surface area contributed by atoms with Crippen molar-refractivity contribution in [1.82, 2.24) is 0 Å². The van der Waals surface area contributed by atoms with Gasteiger partial charge in [0, 0.05) is 5.92 Å². The molecule has 14 heavy (non-hydrogen) atoms. The van der Waals surface area contributed by atoms with Crippen LogP contribution >= 0.6 is 0 Å². The van der Waals surface area contributed by atoms with Crippen molar-refractivity contribution in [2.45, 2.75) is 20.0 Å². The van der Waals surface area contributed by atoms with Crippen LogP contribution in [-0.2, 0) is 0 Å². The molecule has 0 saturated carbocycles. The first-order valence-electron chi connectivity index (χ1n) is 5.02. The molecule has 0 spiro atoms. The van der Waals surface area contributed by atoms with Crippen LogP contribution in [-0.4, -0.2) is 5.11 Å². The van der Waals surface area contributed by atoms with Crippen LogP contribution in [0, 0.1) is 11.8 Å². The van der Waals surface area contributed by atoms with Gasteiger partial charge in [0.05, 0.1) is 6.10 Å². The number of aliphatic hydroxyl groups is 1. The van der Waals surface area contributed by atoms with Gasteiger partial charge in [-0.25, -0.2) is 0 Å². The molecule has 0 aliphatic heterocycles. The Morgan fingerprint density at radius 1 is 1.21 bits per heavy atom. The Morgan fingerprint density at radius 2 is 1.79 bits per heavy atom. The first kappa shape index (κ1) is 11.0. The minimum Gasteiger partial charge on any atom is -0.388 e. The Hall–Kier alpha value is -1.08. The molecule has 0 amide bonds. The molecule has 0 bridgehead atoms. The predicted octanol–water partition coefficient (Wildman–Crippen LogP) is 3.18. The minimum absolute atomic E-state index is 0.123.